The van der Waals surface area contributed by atoms with Gasteiger partial charge in [0.2, 0.25) is 5.88 Å². The molecule has 1 aliphatic carbocycles. The highest BCUT2D eigenvalue weighted by Gasteiger charge is 2.36. The van der Waals surface area contributed by atoms with E-state index in [2.05, 4.69) is 19.9 Å². The normalized spacial score (nSPS) is 13.6. The van der Waals surface area contributed by atoms with Crippen molar-refractivity contribution in [3.8, 4) is 28.5 Å². The Morgan fingerprint density at radius 2 is 1.79 bits per heavy atom. The summed E-state index contributed by atoms with van der Waals surface area (Å²) >= 11 is 0. The van der Waals surface area contributed by atoms with Crippen molar-refractivity contribution in [3.05, 3.63) is 71.3 Å². The van der Waals surface area contributed by atoms with E-state index in [0.717, 1.165) is 23.9 Å². The molecule has 1 fully saturated rings. The molecule has 1 N–H and O–H groups in total. The zero-order valence-electron chi connectivity index (χ0n) is 26.9. The van der Waals surface area contributed by atoms with Crippen molar-refractivity contribution >= 4 is 11.8 Å². The Hall–Kier alpha value is -4.59. The van der Waals surface area contributed by atoms with Gasteiger partial charge in [0.25, 0.3) is 0 Å². The first-order chi connectivity index (χ1) is 22.1. The van der Waals surface area contributed by atoms with Crippen LogP contribution in [0, 0.1) is 5.82 Å². The number of aliphatic hydroxyl groups excluding tert-OH is 1. The third-order valence-electron chi connectivity index (χ3n) is 7.49. The van der Waals surface area contributed by atoms with Crippen LogP contribution in [0.3, 0.4) is 0 Å². The van der Waals surface area contributed by atoms with E-state index in [1.807, 2.05) is 0 Å². The summed E-state index contributed by atoms with van der Waals surface area (Å²) in [5, 5.41) is 10.3. The minimum Gasteiger partial charge on any atom is -0.480 e. The Kier molecular flexibility index (Phi) is 9.26. The molecule has 3 heterocycles. The fourth-order valence-electron chi connectivity index (χ4n) is 5.15. The highest BCUT2D eigenvalue weighted by molar-refractivity contribution is 5.90. The number of carbonyl (C=O) groups excluding carboxylic acids is 1. The summed E-state index contributed by atoms with van der Waals surface area (Å²) < 4.78 is 69.7. The molecule has 0 aliphatic heterocycles. The molecule has 1 aromatic carbocycles. The van der Waals surface area contributed by atoms with Crippen LogP contribution in [0.5, 0.6) is 5.88 Å². The number of pyridine rings is 1. The monoisotopic (exact) mass is 656 g/mol. The van der Waals surface area contributed by atoms with Gasteiger partial charge in [0.15, 0.2) is 11.5 Å². The number of benzene rings is 1. The van der Waals surface area contributed by atoms with Crippen LogP contribution in [-0.2, 0) is 24.1 Å². The molecular weight excluding hydrogens is 620 g/mol. The van der Waals surface area contributed by atoms with Crippen LogP contribution in [0.15, 0.2) is 43.0 Å². The van der Waals surface area contributed by atoms with E-state index in [4.69, 9.17) is 9.47 Å². The van der Waals surface area contributed by atoms with Gasteiger partial charge in [-0.3, -0.25) is 9.88 Å². The number of rotatable bonds is 9. The molecule has 4 aromatic rings. The lowest BCUT2D eigenvalue weighted by molar-refractivity contribution is -0.140. The molecule has 1 amide bonds. The second-order valence-corrected chi connectivity index (χ2v) is 12.6. The molecule has 0 unspecified atom stereocenters. The first-order valence-corrected chi connectivity index (χ1v) is 15.1. The van der Waals surface area contributed by atoms with E-state index in [9.17, 15) is 23.1 Å². The van der Waals surface area contributed by atoms with Gasteiger partial charge in [0.1, 0.15) is 23.4 Å². The van der Waals surface area contributed by atoms with E-state index < -0.39 is 36.0 Å². The quantitative estimate of drug-likeness (QED) is 0.185. The molecule has 0 atom stereocenters. The first kappa shape index (κ1) is 33.8. The van der Waals surface area contributed by atoms with E-state index in [-0.39, 0.29) is 52.7 Å². The lowest BCUT2D eigenvalue weighted by Gasteiger charge is -2.29. The number of hydrogen-bond donors (Lipinski definition) is 1. The first-order valence-electron chi connectivity index (χ1n) is 15.1. The predicted molar refractivity (Wildman–Crippen MR) is 165 cm³/mol. The Labute approximate surface area is 269 Å². The Morgan fingerprint density at radius 1 is 1.11 bits per heavy atom. The molecule has 0 radical (unpaired) electrons. The Morgan fingerprint density at radius 3 is 2.34 bits per heavy atom. The predicted octanol–water partition coefficient (Wildman–Crippen LogP) is 7.46. The van der Waals surface area contributed by atoms with Crippen LogP contribution in [0.1, 0.15) is 81.9 Å². The van der Waals surface area contributed by atoms with Crippen molar-refractivity contribution in [3.63, 3.8) is 0 Å². The van der Waals surface area contributed by atoms with Gasteiger partial charge < -0.3 is 19.1 Å². The highest BCUT2D eigenvalue weighted by Crippen LogP contribution is 2.46. The smallest absolute Gasteiger partial charge is 0.434 e. The van der Waals surface area contributed by atoms with Gasteiger partial charge >= 0.3 is 12.3 Å². The van der Waals surface area contributed by atoms with E-state index in [0.29, 0.717) is 16.8 Å². The van der Waals surface area contributed by atoms with Crippen molar-refractivity contribution in [2.45, 2.75) is 84.3 Å². The van der Waals surface area contributed by atoms with Crippen molar-refractivity contribution in [2.75, 3.05) is 12.0 Å². The lowest BCUT2D eigenvalue weighted by Crippen LogP contribution is -2.37. The summed E-state index contributed by atoms with van der Waals surface area (Å²) in [4.78, 5) is 31.5. The number of methoxy groups -OCH3 is 1. The summed E-state index contributed by atoms with van der Waals surface area (Å²) in [6, 6.07) is 6.08. The van der Waals surface area contributed by atoms with Crippen LogP contribution in [0.25, 0.3) is 22.6 Å². The number of hydrogen-bond acceptors (Lipinski definition) is 8. The largest absolute Gasteiger partial charge is 0.480 e. The molecule has 3 aromatic heterocycles. The third kappa shape index (κ3) is 7.22. The maximum atomic E-state index is 16.8. The summed E-state index contributed by atoms with van der Waals surface area (Å²) in [5.41, 5.74) is -0.603. The summed E-state index contributed by atoms with van der Waals surface area (Å²) in [7, 11) is 1.40. The minimum absolute atomic E-state index is 0.0242. The number of aromatic nitrogens is 5. The minimum atomic E-state index is -4.62. The molecule has 10 nitrogen and oxygen atoms in total. The second kappa shape index (κ2) is 12.9. The van der Waals surface area contributed by atoms with Gasteiger partial charge in [-0.1, -0.05) is 24.3 Å². The fourth-order valence-corrected chi connectivity index (χ4v) is 5.15. The number of halogens is 4. The molecule has 250 valence electrons. The maximum Gasteiger partial charge on any atom is 0.434 e. The van der Waals surface area contributed by atoms with Crippen molar-refractivity contribution in [1.29, 1.82) is 0 Å². The number of alkyl halides is 3. The van der Waals surface area contributed by atoms with Gasteiger partial charge in [0.05, 0.1) is 37.2 Å². The number of amides is 1. The van der Waals surface area contributed by atoms with Crippen LogP contribution in [0.4, 0.5) is 28.0 Å². The zero-order valence-corrected chi connectivity index (χ0v) is 26.9. The number of anilines is 1. The van der Waals surface area contributed by atoms with Gasteiger partial charge in [0, 0.05) is 35.5 Å². The molecule has 1 saturated carbocycles. The average molecular weight is 657 g/mol. The van der Waals surface area contributed by atoms with Crippen LogP contribution >= 0.6 is 0 Å². The van der Waals surface area contributed by atoms with Crippen LogP contribution < -0.4 is 9.64 Å². The molecule has 47 heavy (non-hydrogen) atoms. The lowest BCUT2D eigenvalue weighted by atomic mass is 10.0. The molecule has 0 saturated heterocycles. The standard InChI is InChI=1S/C33H36F4N6O4/c1-18(2)42-15-23(33(35,36)37)41-29(42)21-9-7-19(8-10-21)14-43(31(45)47-32(3,4)5)28-22(16-44)13-38-27(25(28)34)24-26(20-11-12-20)39-17-40-30(24)46-6/h7-10,13,15,17-18,20,44H,11-12,14,16H2,1-6H3. The van der Waals surface area contributed by atoms with Crippen molar-refractivity contribution in [2.24, 2.45) is 0 Å². The number of imidazole rings is 1. The summed E-state index contributed by atoms with van der Waals surface area (Å²) in [6.45, 7) is 7.64. The van der Waals surface area contributed by atoms with E-state index in [1.54, 1.807) is 58.9 Å². The molecular formula is C33H36F4N6O4. The van der Waals surface area contributed by atoms with Gasteiger partial charge in [-0.2, -0.15) is 13.2 Å². The Balaban J connectivity index is 1.59. The SMILES string of the molecule is COc1ncnc(C2CC2)c1-c1ncc(CO)c(N(Cc2ccc(-c3nc(C(F)(F)F)cn3C(C)C)cc2)C(=O)OC(C)(C)C)c1F. The molecule has 5 rings (SSSR count). The topological polar surface area (TPSA) is 115 Å². The van der Waals surface area contributed by atoms with Crippen molar-refractivity contribution < 1.29 is 36.9 Å². The second-order valence-electron chi connectivity index (χ2n) is 12.6. The average Bonchev–Trinajstić information content (AvgIpc) is 3.74. The molecule has 1 aliphatic rings. The highest BCUT2D eigenvalue weighted by atomic mass is 19.4. The maximum absolute atomic E-state index is 16.8. The molecule has 0 spiro atoms. The van der Waals surface area contributed by atoms with Crippen molar-refractivity contribution in [1.82, 2.24) is 24.5 Å². The van der Waals surface area contributed by atoms with Gasteiger partial charge in [-0.15, -0.1) is 0 Å². The number of carbonyl (C=O) groups is 1. The Bertz CT molecular complexity index is 1760. The number of nitrogens with zero attached hydrogens (tertiary/aromatic N) is 6. The third-order valence-corrected chi connectivity index (χ3v) is 7.49. The summed E-state index contributed by atoms with van der Waals surface area (Å²) in [6.07, 6.45) is -0.213. The fraction of sp³-hybridized carbons (Fsp3) is 0.424. The zero-order chi connectivity index (χ0) is 34.3. The van der Waals surface area contributed by atoms with E-state index >= 15 is 4.39 Å². The van der Waals surface area contributed by atoms with E-state index in [1.165, 1.54) is 24.2 Å². The van der Waals surface area contributed by atoms with Crippen LogP contribution in [-0.4, -0.2) is 48.4 Å². The number of ether oxygens (including phenoxy) is 2. The molecule has 0 bridgehead atoms. The van der Waals surface area contributed by atoms with Gasteiger partial charge in [-0.05, 0) is 53.0 Å². The summed E-state index contributed by atoms with van der Waals surface area (Å²) in [5.74, 6) is -0.597. The number of aliphatic hydroxyl groups is 1. The van der Waals surface area contributed by atoms with Gasteiger partial charge in [-0.25, -0.2) is 24.1 Å². The molecule has 14 heteroatoms. The van der Waals surface area contributed by atoms with Crippen LogP contribution in [0.2, 0.25) is 0 Å².